The molecule has 0 aromatic heterocycles. The van der Waals surface area contributed by atoms with Gasteiger partial charge in [0.2, 0.25) is 0 Å². The van der Waals surface area contributed by atoms with Gasteiger partial charge in [0, 0.05) is 26.4 Å². The van der Waals surface area contributed by atoms with E-state index >= 15 is 0 Å². The van der Waals surface area contributed by atoms with Gasteiger partial charge in [-0.1, -0.05) is 20.8 Å². The molecular formula is C8H20O3Si. The largest absolute Gasteiger partial charge is 0.506 e. The van der Waals surface area contributed by atoms with Gasteiger partial charge < -0.3 is 13.3 Å². The molecule has 0 aromatic carbocycles. The third kappa shape index (κ3) is 1.88. The Kier molecular flexibility index (Phi) is 4.40. The lowest BCUT2D eigenvalue weighted by atomic mass is 10.1. The molecule has 12 heavy (non-hydrogen) atoms. The highest BCUT2D eigenvalue weighted by Crippen LogP contribution is 2.40. The Morgan fingerprint density at radius 3 is 1.42 bits per heavy atom. The summed E-state index contributed by atoms with van der Waals surface area (Å²) in [6, 6.07) is 0. The van der Waals surface area contributed by atoms with Crippen molar-refractivity contribution in [3.63, 3.8) is 0 Å². The van der Waals surface area contributed by atoms with E-state index in [4.69, 9.17) is 13.3 Å². The van der Waals surface area contributed by atoms with E-state index < -0.39 is 8.80 Å². The van der Waals surface area contributed by atoms with E-state index in [1.165, 1.54) is 0 Å². The first kappa shape index (κ1) is 12.1. The summed E-state index contributed by atoms with van der Waals surface area (Å²) in [5, 5.41) is -0.0226. The summed E-state index contributed by atoms with van der Waals surface area (Å²) in [6.07, 6.45) is 0.981. The molecular weight excluding hydrogens is 172 g/mol. The molecule has 0 N–H and O–H groups in total. The van der Waals surface area contributed by atoms with Crippen molar-refractivity contribution in [1.82, 2.24) is 0 Å². The highest BCUT2D eigenvalue weighted by atomic mass is 28.4. The van der Waals surface area contributed by atoms with Gasteiger partial charge >= 0.3 is 8.80 Å². The van der Waals surface area contributed by atoms with Gasteiger partial charge in [0.15, 0.2) is 0 Å². The van der Waals surface area contributed by atoms with Crippen LogP contribution < -0.4 is 0 Å². The van der Waals surface area contributed by atoms with Gasteiger partial charge in [0.05, 0.1) is 0 Å². The third-order valence-electron chi connectivity index (χ3n) is 2.52. The molecule has 0 aliphatic rings. The average molecular weight is 192 g/mol. The van der Waals surface area contributed by atoms with Gasteiger partial charge in [-0.05, 0) is 6.42 Å². The van der Waals surface area contributed by atoms with Gasteiger partial charge in [0.25, 0.3) is 0 Å². The van der Waals surface area contributed by atoms with Crippen LogP contribution in [0.3, 0.4) is 0 Å². The van der Waals surface area contributed by atoms with Crippen LogP contribution in [-0.4, -0.2) is 30.1 Å². The van der Waals surface area contributed by atoms with Crippen molar-refractivity contribution in [3.8, 4) is 0 Å². The SMILES string of the molecule is CCC(C)(C)[Si](OC)(OC)OC. The Hall–Kier alpha value is 0.0969. The second-order valence-corrected chi connectivity index (χ2v) is 7.10. The van der Waals surface area contributed by atoms with Crippen LogP contribution in [0, 0.1) is 0 Å². The Bertz CT molecular complexity index is 124. The van der Waals surface area contributed by atoms with E-state index in [1.54, 1.807) is 21.3 Å². The third-order valence-corrected chi connectivity index (χ3v) is 6.14. The molecule has 0 aliphatic heterocycles. The van der Waals surface area contributed by atoms with Crippen LogP contribution in [0.5, 0.6) is 0 Å². The maximum absolute atomic E-state index is 5.39. The maximum atomic E-state index is 5.39. The van der Waals surface area contributed by atoms with E-state index in [1.807, 2.05) is 0 Å². The van der Waals surface area contributed by atoms with Crippen molar-refractivity contribution in [2.24, 2.45) is 0 Å². The van der Waals surface area contributed by atoms with Gasteiger partial charge in [-0.25, -0.2) is 0 Å². The smallest absolute Gasteiger partial charge is 0.377 e. The van der Waals surface area contributed by atoms with E-state index in [9.17, 15) is 0 Å². The van der Waals surface area contributed by atoms with E-state index in [0.717, 1.165) is 6.42 Å². The fourth-order valence-electron chi connectivity index (χ4n) is 1.30. The van der Waals surface area contributed by atoms with Gasteiger partial charge in [0.1, 0.15) is 0 Å². The van der Waals surface area contributed by atoms with Crippen LogP contribution >= 0.6 is 0 Å². The molecule has 0 atom stereocenters. The van der Waals surface area contributed by atoms with E-state index in [0.29, 0.717) is 0 Å². The molecule has 0 aliphatic carbocycles. The molecule has 0 aromatic rings. The monoisotopic (exact) mass is 192 g/mol. The van der Waals surface area contributed by atoms with E-state index in [2.05, 4.69) is 20.8 Å². The van der Waals surface area contributed by atoms with Gasteiger partial charge in [-0.3, -0.25) is 0 Å². The molecule has 0 saturated heterocycles. The zero-order valence-corrected chi connectivity index (χ0v) is 9.93. The number of hydrogen-bond acceptors (Lipinski definition) is 3. The lowest BCUT2D eigenvalue weighted by Crippen LogP contribution is -2.52. The van der Waals surface area contributed by atoms with Crippen LogP contribution in [0.25, 0.3) is 0 Å². The minimum absolute atomic E-state index is 0.0226. The maximum Gasteiger partial charge on any atom is 0.506 e. The molecule has 74 valence electrons. The molecule has 0 rings (SSSR count). The van der Waals surface area contributed by atoms with Crippen molar-refractivity contribution < 1.29 is 13.3 Å². The quantitative estimate of drug-likeness (QED) is 0.624. The van der Waals surface area contributed by atoms with Crippen LogP contribution in [-0.2, 0) is 13.3 Å². The summed E-state index contributed by atoms with van der Waals surface area (Å²) in [5.74, 6) is 0. The summed E-state index contributed by atoms with van der Waals surface area (Å²) in [7, 11) is 2.50. The van der Waals surface area contributed by atoms with Crippen LogP contribution in [0.4, 0.5) is 0 Å². The minimum Gasteiger partial charge on any atom is -0.377 e. The summed E-state index contributed by atoms with van der Waals surface area (Å²) in [6.45, 7) is 6.32. The second-order valence-electron chi connectivity index (χ2n) is 3.41. The highest BCUT2D eigenvalue weighted by Gasteiger charge is 2.52. The van der Waals surface area contributed by atoms with Gasteiger partial charge in [-0.15, -0.1) is 0 Å². The first-order chi connectivity index (χ1) is 5.49. The summed E-state index contributed by atoms with van der Waals surface area (Å²) in [5.41, 5.74) is 0. The zero-order valence-electron chi connectivity index (χ0n) is 8.93. The first-order valence-corrected chi connectivity index (χ1v) is 5.87. The Morgan fingerprint density at radius 2 is 1.33 bits per heavy atom. The molecule has 0 radical (unpaired) electrons. The predicted octanol–water partition coefficient (Wildman–Crippen LogP) is 2.05. The fourth-order valence-corrected chi connectivity index (χ4v) is 3.89. The van der Waals surface area contributed by atoms with Crippen molar-refractivity contribution in [3.05, 3.63) is 0 Å². The minimum atomic E-state index is -2.45. The highest BCUT2D eigenvalue weighted by molar-refractivity contribution is 6.64. The molecule has 0 heterocycles. The molecule has 4 heteroatoms. The fraction of sp³-hybridized carbons (Fsp3) is 1.00. The van der Waals surface area contributed by atoms with Crippen molar-refractivity contribution in [2.45, 2.75) is 32.2 Å². The summed E-state index contributed by atoms with van der Waals surface area (Å²) in [4.78, 5) is 0. The average Bonchev–Trinajstić information content (AvgIpc) is 2.08. The standard InChI is InChI=1S/C8H20O3Si/c1-7-8(2,3)12(9-4,10-5)11-6/h7H2,1-6H3. The zero-order chi connectivity index (χ0) is 9.83. The Labute approximate surface area is 76.4 Å². The Morgan fingerprint density at radius 1 is 1.00 bits per heavy atom. The van der Waals surface area contributed by atoms with Crippen LogP contribution in [0.2, 0.25) is 5.04 Å². The predicted molar refractivity (Wildman–Crippen MR) is 51.1 cm³/mol. The molecule has 0 saturated carbocycles. The van der Waals surface area contributed by atoms with Crippen molar-refractivity contribution >= 4 is 8.80 Å². The molecule has 0 unspecified atom stereocenters. The van der Waals surface area contributed by atoms with Gasteiger partial charge in [-0.2, -0.15) is 0 Å². The molecule has 0 bridgehead atoms. The topological polar surface area (TPSA) is 27.7 Å². The van der Waals surface area contributed by atoms with E-state index in [-0.39, 0.29) is 5.04 Å². The molecule has 0 fully saturated rings. The molecule has 0 amide bonds. The Balaban J connectivity index is 4.69. The van der Waals surface area contributed by atoms with Crippen molar-refractivity contribution in [2.75, 3.05) is 21.3 Å². The summed E-state index contributed by atoms with van der Waals surface area (Å²) >= 11 is 0. The normalized spacial score (nSPS) is 13.5. The second kappa shape index (κ2) is 4.37. The van der Waals surface area contributed by atoms with Crippen molar-refractivity contribution in [1.29, 1.82) is 0 Å². The lowest BCUT2D eigenvalue weighted by Gasteiger charge is -2.37. The molecule has 0 spiro atoms. The number of hydrogen-bond donors (Lipinski definition) is 0. The number of rotatable bonds is 5. The molecule has 3 nitrogen and oxygen atoms in total. The van der Waals surface area contributed by atoms with Crippen LogP contribution in [0.15, 0.2) is 0 Å². The van der Waals surface area contributed by atoms with Crippen LogP contribution in [0.1, 0.15) is 27.2 Å². The lowest BCUT2D eigenvalue weighted by molar-refractivity contribution is 0.0944. The summed E-state index contributed by atoms with van der Waals surface area (Å²) < 4.78 is 16.2. The first-order valence-electron chi connectivity index (χ1n) is 4.15.